The third kappa shape index (κ3) is 4.85. The molecule has 0 aliphatic rings. The summed E-state index contributed by atoms with van der Waals surface area (Å²) in [7, 11) is 3.22. The van der Waals surface area contributed by atoms with Crippen LogP contribution in [0.2, 0.25) is 0 Å². The van der Waals surface area contributed by atoms with Crippen LogP contribution < -0.4 is 25.3 Å². The number of ether oxygens (including phenoxy) is 3. The topological polar surface area (TPSA) is 78.1 Å². The Labute approximate surface area is 164 Å². The maximum Gasteiger partial charge on any atom is 0.189 e. The van der Waals surface area contributed by atoms with Crippen molar-refractivity contribution in [2.24, 2.45) is 10.7 Å². The Hall–Kier alpha value is -3.41. The molecule has 3 aromatic rings. The summed E-state index contributed by atoms with van der Waals surface area (Å²) in [5.41, 5.74) is 6.93. The Balaban J connectivity index is 1.49. The lowest BCUT2D eigenvalue weighted by molar-refractivity contribution is 0.326. The Morgan fingerprint density at radius 1 is 0.929 bits per heavy atom. The van der Waals surface area contributed by atoms with Crippen LogP contribution in [0.15, 0.2) is 65.7 Å². The highest BCUT2D eigenvalue weighted by Crippen LogP contribution is 2.27. The molecule has 6 nitrogen and oxygen atoms in total. The summed E-state index contributed by atoms with van der Waals surface area (Å²) < 4.78 is 16.4. The van der Waals surface area contributed by atoms with E-state index in [4.69, 9.17) is 19.9 Å². The van der Waals surface area contributed by atoms with E-state index in [1.54, 1.807) is 14.2 Å². The molecule has 146 valence electrons. The molecule has 3 N–H and O–H groups in total. The van der Waals surface area contributed by atoms with Gasteiger partial charge in [0.2, 0.25) is 0 Å². The third-order valence-electron chi connectivity index (χ3n) is 4.30. The average Bonchev–Trinajstić information content (AvgIpc) is 2.75. The zero-order valence-corrected chi connectivity index (χ0v) is 16.1. The van der Waals surface area contributed by atoms with Crippen molar-refractivity contribution in [3.8, 4) is 17.2 Å². The van der Waals surface area contributed by atoms with Crippen LogP contribution in [-0.2, 0) is 6.54 Å². The lowest BCUT2D eigenvalue weighted by atomic mass is 10.1. The second-order valence-electron chi connectivity index (χ2n) is 6.14. The predicted octanol–water partition coefficient (Wildman–Crippen LogP) is 3.34. The fourth-order valence-electron chi connectivity index (χ4n) is 2.87. The first-order chi connectivity index (χ1) is 13.7. The van der Waals surface area contributed by atoms with Crippen molar-refractivity contribution in [3.05, 3.63) is 66.2 Å². The normalized spacial score (nSPS) is 11.3. The van der Waals surface area contributed by atoms with Crippen LogP contribution in [0.3, 0.4) is 0 Å². The Morgan fingerprint density at radius 2 is 1.71 bits per heavy atom. The number of nitrogens with zero attached hydrogens (tertiary/aromatic N) is 1. The van der Waals surface area contributed by atoms with Gasteiger partial charge in [-0.15, -0.1) is 0 Å². The first kappa shape index (κ1) is 19.4. The van der Waals surface area contributed by atoms with Crippen molar-refractivity contribution in [1.29, 1.82) is 0 Å². The number of guanidine groups is 1. The molecule has 28 heavy (non-hydrogen) atoms. The van der Waals surface area contributed by atoms with Crippen molar-refractivity contribution in [1.82, 2.24) is 5.32 Å². The minimum Gasteiger partial charge on any atom is -0.493 e. The lowest BCUT2D eigenvalue weighted by Gasteiger charge is -2.11. The van der Waals surface area contributed by atoms with E-state index in [-0.39, 0.29) is 0 Å². The van der Waals surface area contributed by atoms with Gasteiger partial charge in [-0.2, -0.15) is 0 Å². The number of rotatable bonds is 8. The SMILES string of the molecule is COc1ccc(CN=C(N)NCCOc2cccc3ccccc23)cc1OC. The maximum absolute atomic E-state index is 5.95. The van der Waals surface area contributed by atoms with E-state index < -0.39 is 0 Å². The third-order valence-corrected chi connectivity index (χ3v) is 4.30. The van der Waals surface area contributed by atoms with Gasteiger partial charge in [0.05, 0.1) is 27.3 Å². The van der Waals surface area contributed by atoms with Crippen molar-refractivity contribution < 1.29 is 14.2 Å². The van der Waals surface area contributed by atoms with Crippen LogP contribution in [0.4, 0.5) is 0 Å². The number of hydrogen-bond acceptors (Lipinski definition) is 4. The van der Waals surface area contributed by atoms with Crippen molar-refractivity contribution in [3.63, 3.8) is 0 Å². The smallest absolute Gasteiger partial charge is 0.189 e. The van der Waals surface area contributed by atoms with Crippen LogP contribution in [0.1, 0.15) is 5.56 Å². The summed E-state index contributed by atoms with van der Waals surface area (Å²) in [5.74, 6) is 2.59. The van der Waals surface area contributed by atoms with Crippen molar-refractivity contribution in [2.45, 2.75) is 6.54 Å². The molecule has 0 unspecified atom stereocenters. The van der Waals surface area contributed by atoms with Gasteiger partial charge in [-0.1, -0.05) is 42.5 Å². The van der Waals surface area contributed by atoms with Gasteiger partial charge in [0.15, 0.2) is 17.5 Å². The van der Waals surface area contributed by atoms with Crippen LogP contribution in [0, 0.1) is 0 Å². The fraction of sp³-hybridized carbons (Fsp3) is 0.227. The summed E-state index contributed by atoms with van der Waals surface area (Å²) in [6.07, 6.45) is 0. The van der Waals surface area contributed by atoms with Crippen molar-refractivity contribution >= 4 is 16.7 Å². The standard InChI is InChI=1S/C22H25N3O3/c1-26-20-11-10-16(14-21(20)27-2)15-25-22(23)24-12-13-28-19-9-5-7-17-6-3-4-8-18(17)19/h3-11,14H,12-13,15H2,1-2H3,(H3,23,24,25). The molecule has 0 heterocycles. The van der Waals surface area contributed by atoms with Gasteiger partial charge in [0.25, 0.3) is 0 Å². The molecular weight excluding hydrogens is 354 g/mol. The highest BCUT2D eigenvalue weighted by Gasteiger charge is 2.04. The molecular formula is C22H25N3O3. The first-order valence-corrected chi connectivity index (χ1v) is 9.06. The highest BCUT2D eigenvalue weighted by molar-refractivity contribution is 5.88. The molecule has 0 amide bonds. The molecule has 0 fully saturated rings. The molecule has 0 aliphatic carbocycles. The highest BCUT2D eigenvalue weighted by atomic mass is 16.5. The molecule has 0 aliphatic heterocycles. The summed E-state index contributed by atoms with van der Waals surface area (Å²) in [6, 6.07) is 19.8. The lowest BCUT2D eigenvalue weighted by Crippen LogP contribution is -2.34. The molecule has 3 rings (SSSR count). The minimum absolute atomic E-state index is 0.372. The summed E-state index contributed by atoms with van der Waals surface area (Å²) in [4.78, 5) is 4.35. The number of benzene rings is 3. The maximum atomic E-state index is 5.95. The number of aliphatic imine (C=N–C) groups is 1. The molecule has 0 radical (unpaired) electrons. The van der Waals surface area contributed by atoms with E-state index in [0.29, 0.717) is 37.2 Å². The summed E-state index contributed by atoms with van der Waals surface area (Å²) in [5, 5.41) is 5.32. The van der Waals surface area contributed by atoms with E-state index >= 15 is 0 Å². The molecule has 0 bridgehead atoms. The van der Waals surface area contributed by atoms with E-state index in [2.05, 4.69) is 28.5 Å². The van der Waals surface area contributed by atoms with Crippen molar-refractivity contribution in [2.75, 3.05) is 27.4 Å². The van der Waals surface area contributed by atoms with E-state index in [0.717, 1.165) is 22.1 Å². The number of nitrogens with one attached hydrogen (secondary N) is 1. The number of fused-ring (bicyclic) bond motifs is 1. The molecule has 0 spiro atoms. The minimum atomic E-state index is 0.372. The van der Waals surface area contributed by atoms with Crippen LogP contribution in [-0.4, -0.2) is 33.3 Å². The largest absolute Gasteiger partial charge is 0.493 e. The molecule has 0 saturated heterocycles. The molecule has 3 aromatic carbocycles. The van der Waals surface area contributed by atoms with E-state index in [1.807, 2.05) is 42.5 Å². The second-order valence-corrected chi connectivity index (χ2v) is 6.14. The quantitative estimate of drug-likeness (QED) is 0.357. The zero-order chi connectivity index (χ0) is 19.8. The number of nitrogens with two attached hydrogens (primary N) is 1. The Kier molecular flexibility index (Phi) is 6.57. The van der Waals surface area contributed by atoms with Gasteiger partial charge in [-0.3, -0.25) is 0 Å². The number of methoxy groups -OCH3 is 2. The van der Waals surface area contributed by atoms with Gasteiger partial charge >= 0.3 is 0 Å². The molecule has 6 heteroatoms. The van der Waals surface area contributed by atoms with E-state index in [9.17, 15) is 0 Å². The Bertz CT molecular complexity index is 951. The monoisotopic (exact) mass is 379 g/mol. The van der Waals surface area contributed by atoms with Gasteiger partial charge in [0, 0.05) is 5.39 Å². The first-order valence-electron chi connectivity index (χ1n) is 9.06. The van der Waals surface area contributed by atoms with Crippen LogP contribution in [0.5, 0.6) is 17.2 Å². The zero-order valence-electron chi connectivity index (χ0n) is 16.1. The summed E-state index contributed by atoms with van der Waals surface area (Å²) >= 11 is 0. The van der Waals surface area contributed by atoms with Gasteiger partial charge in [-0.25, -0.2) is 4.99 Å². The Morgan fingerprint density at radius 3 is 2.54 bits per heavy atom. The van der Waals surface area contributed by atoms with Gasteiger partial charge < -0.3 is 25.3 Å². The molecule has 0 aromatic heterocycles. The number of hydrogen-bond donors (Lipinski definition) is 2. The van der Waals surface area contributed by atoms with Gasteiger partial charge in [0.1, 0.15) is 12.4 Å². The molecule has 0 atom stereocenters. The molecule has 0 saturated carbocycles. The predicted molar refractivity (Wildman–Crippen MR) is 112 cm³/mol. The van der Waals surface area contributed by atoms with Crippen LogP contribution in [0.25, 0.3) is 10.8 Å². The average molecular weight is 379 g/mol. The fourth-order valence-corrected chi connectivity index (χ4v) is 2.87. The summed E-state index contributed by atoms with van der Waals surface area (Å²) in [6.45, 7) is 1.49. The van der Waals surface area contributed by atoms with Crippen LogP contribution >= 0.6 is 0 Å². The van der Waals surface area contributed by atoms with E-state index in [1.165, 1.54) is 0 Å². The van der Waals surface area contributed by atoms with Gasteiger partial charge in [-0.05, 0) is 29.1 Å². The second kappa shape index (κ2) is 9.50.